The van der Waals surface area contributed by atoms with Crippen molar-refractivity contribution in [3.8, 4) is 0 Å². The number of hydrogen-bond donors (Lipinski definition) is 0. The molecule has 0 radical (unpaired) electrons. The molecule has 0 saturated carbocycles. The summed E-state index contributed by atoms with van der Waals surface area (Å²) in [7, 11) is 0. The van der Waals surface area contributed by atoms with Gasteiger partial charge in [-0.3, -0.25) is 14.4 Å². The summed E-state index contributed by atoms with van der Waals surface area (Å²) >= 11 is 6.15. The third-order valence-corrected chi connectivity index (χ3v) is 6.03. The Bertz CT molecular complexity index is 1220. The van der Waals surface area contributed by atoms with Crippen LogP contribution in [0.3, 0.4) is 0 Å². The summed E-state index contributed by atoms with van der Waals surface area (Å²) in [6.45, 7) is 3.36. The fourth-order valence-electron chi connectivity index (χ4n) is 4.08. The summed E-state index contributed by atoms with van der Waals surface area (Å²) in [6, 6.07) is 14.9. The summed E-state index contributed by atoms with van der Waals surface area (Å²) in [6.07, 6.45) is 1.17. The number of fused-ring (bicyclic) bond motifs is 1. The van der Waals surface area contributed by atoms with Crippen LogP contribution in [0.5, 0.6) is 0 Å². The predicted molar refractivity (Wildman–Crippen MR) is 126 cm³/mol. The largest absolute Gasteiger partial charge is 0.453 e. The van der Waals surface area contributed by atoms with E-state index in [9.17, 15) is 14.4 Å². The third-order valence-electron chi connectivity index (χ3n) is 5.80. The number of aryl methyl sites for hydroxylation is 1. The highest BCUT2D eigenvalue weighted by atomic mass is 35.5. The highest BCUT2D eigenvalue weighted by Crippen LogP contribution is 2.18. The molecule has 2 aromatic carbocycles. The molecule has 1 amide bonds. The maximum Gasteiger partial charge on any atom is 0.306 e. The van der Waals surface area contributed by atoms with E-state index in [0.29, 0.717) is 35.7 Å². The lowest BCUT2D eigenvalue weighted by molar-refractivity contribution is -0.158. The van der Waals surface area contributed by atoms with Crippen molar-refractivity contribution in [2.24, 2.45) is 0 Å². The van der Waals surface area contributed by atoms with Gasteiger partial charge in [-0.25, -0.2) is 4.98 Å². The molecule has 4 rings (SSSR count). The number of esters is 1. The first-order chi connectivity index (χ1) is 15.9. The van der Waals surface area contributed by atoms with Crippen molar-refractivity contribution in [1.82, 2.24) is 14.5 Å². The SMILES string of the molecule is CC(OC(=O)CCc1nc2cc(Cl)ccc2n(Cc2ccccc2)c1=O)C(=O)N1CCCC1. The van der Waals surface area contributed by atoms with Crippen LogP contribution in [0.1, 0.15) is 37.4 Å². The van der Waals surface area contributed by atoms with Gasteiger partial charge >= 0.3 is 5.97 Å². The fraction of sp³-hybridized carbons (Fsp3) is 0.360. The van der Waals surface area contributed by atoms with Crippen LogP contribution in [0, 0.1) is 0 Å². The van der Waals surface area contributed by atoms with Gasteiger partial charge in [0.2, 0.25) is 0 Å². The van der Waals surface area contributed by atoms with Gasteiger partial charge in [0.1, 0.15) is 5.69 Å². The molecule has 33 heavy (non-hydrogen) atoms. The average molecular weight is 468 g/mol. The van der Waals surface area contributed by atoms with E-state index in [1.807, 2.05) is 30.3 Å². The van der Waals surface area contributed by atoms with E-state index in [4.69, 9.17) is 16.3 Å². The fourth-order valence-corrected chi connectivity index (χ4v) is 4.25. The minimum absolute atomic E-state index is 0.0444. The van der Waals surface area contributed by atoms with Crippen LogP contribution < -0.4 is 5.56 Å². The van der Waals surface area contributed by atoms with Gasteiger partial charge in [-0.05, 0) is 43.5 Å². The van der Waals surface area contributed by atoms with E-state index in [-0.39, 0.29) is 30.0 Å². The zero-order chi connectivity index (χ0) is 23.4. The first-order valence-corrected chi connectivity index (χ1v) is 11.5. The molecule has 1 fully saturated rings. The van der Waals surface area contributed by atoms with Crippen molar-refractivity contribution in [2.45, 2.75) is 45.3 Å². The lowest BCUT2D eigenvalue weighted by atomic mass is 10.2. The second kappa shape index (κ2) is 10.2. The molecule has 2 heterocycles. The molecular weight excluding hydrogens is 442 g/mol. The molecule has 1 saturated heterocycles. The number of likely N-dealkylation sites (tertiary alicyclic amines) is 1. The molecule has 1 aromatic heterocycles. The lowest BCUT2D eigenvalue weighted by Gasteiger charge is -2.20. The first-order valence-electron chi connectivity index (χ1n) is 11.1. The standard InChI is InChI=1S/C25H26ClN3O4/c1-17(24(31)28-13-5-6-14-28)33-23(30)12-10-20-25(32)29(16-18-7-3-2-4-8-18)22-11-9-19(26)15-21(22)27-20/h2-4,7-9,11,15,17H,5-6,10,12-14,16H2,1H3. The molecule has 1 atom stereocenters. The molecular formula is C25H26ClN3O4. The Balaban J connectivity index is 1.52. The zero-order valence-electron chi connectivity index (χ0n) is 18.5. The van der Waals surface area contributed by atoms with Crippen LogP contribution >= 0.6 is 11.6 Å². The van der Waals surface area contributed by atoms with E-state index < -0.39 is 12.1 Å². The number of benzene rings is 2. The Morgan fingerprint density at radius 1 is 1.12 bits per heavy atom. The third kappa shape index (κ3) is 5.42. The quantitative estimate of drug-likeness (QED) is 0.496. The number of halogens is 1. The Morgan fingerprint density at radius 3 is 2.58 bits per heavy atom. The summed E-state index contributed by atoms with van der Waals surface area (Å²) in [5.41, 5.74) is 2.23. The normalized spacial score (nSPS) is 14.4. The first kappa shape index (κ1) is 23.0. The van der Waals surface area contributed by atoms with Crippen molar-refractivity contribution in [3.63, 3.8) is 0 Å². The van der Waals surface area contributed by atoms with Gasteiger partial charge in [-0.15, -0.1) is 0 Å². The van der Waals surface area contributed by atoms with Gasteiger partial charge in [0, 0.05) is 24.5 Å². The van der Waals surface area contributed by atoms with Crippen LogP contribution in [0.2, 0.25) is 5.02 Å². The highest BCUT2D eigenvalue weighted by Gasteiger charge is 2.26. The molecule has 3 aromatic rings. The zero-order valence-corrected chi connectivity index (χ0v) is 19.3. The summed E-state index contributed by atoms with van der Waals surface area (Å²) in [5, 5.41) is 0.513. The maximum atomic E-state index is 13.2. The van der Waals surface area contributed by atoms with E-state index in [1.54, 1.807) is 34.6 Å². The Hall–Kier alpha value is -3.19. The van der Waals surface area contributed by atoms with Crippen LogP contribution in [0.15, 0.2) is 53.3 Å². The summed E-state index contributed by atoms with van der Waals surface area (Å²) < 4.78 is 6.98. The Kier molecular flexibility index (Phi) is 7.08. The van der Waals surface area contributed by atoms with Gasteiger partial charge in [0.05, 0.1) is 24.0 Å². The number of hydrogen-bond acceptors (Lipinski definition) is 5. The molecule has 1 aliphatic rings. The van der Waals surface area contributed by atoms with Crippen molar-refractivity contribution >= 4 is 34.5 Å². The van der Waals surface area contributed by atoms with E-state index in [0.717, 1.165) is 18.4 Å². The van der Waals surface area contributed by atoms with Crippen molar-refractivity contribution < 1.29 is 14.3 Å². The summed E-state index contributed by atoms with van der Waals surface area (Å²) in [4.78, 5) is 44.2. The number of rotatable bonds is 7. The minimum Gasteiger partial charge on any atom is -0.453 e. The number of amides is 1. The van der Waals surface area contributed by atoms with Crippen LogP contribution in [-0.2, 0) is 27.3 Å². The molecule has 1 aliphatic heterocycles. The van der Waals surface area contributed by atoms with Crippen molar-refractivity contribution in [1.29, 1.82) is 0 Å². The van der Waals surface area contributed by atoms with Crippen molar-refractivity contribution in [2.75, 3.05) is 13.1 Å². The molecule has 0 bridgehead atoms. The number of ether oxygens (including phenoxy) is 1. The van der Waals surface area contributed by atoms with Gasteiger partial charge < -0.3 is 14.2 Å². The van der Waals surface area contributed by atoms with Gasteiger partial charge in [-0.2, -0.15) is 0 Å². The lowest BCUT2D eigenvalue weighted by Crippen LogP contribution is -2.38. The second-order valence-electron chi connectivity index (χ2n) is 8.23. The molecule has 0 spiro atoms. The monoisotopic (exact) mass is 467 g/mol. The van der Waals surface area contributed by atoms with E-state index in [1.165, 1.54) is 0 Å². The molecule has 1 unspecified atom stereocenters. The topological polar surface area (TPSA) is 81.5 Å². The number of aromatic nitrogens is 2. The molecule has 172 valence electrons. The molecule has 0 aliphatic carbocycles. The van der Waals surface area contributed by atoms with Crippen LogP contribution in [-0.4, -0.2) is 45.5 Å². The Morgan fingerprint density at radius 2 is 1.85 bits per heavy atom. The summed E-state index contributed by atoms with van der Waals surface area (Å²) in [5.74, 6) is -0.707. The highest BCUT2D eigenvalue weighted by molar-refractivity contribution is 6.31. The molecule has 0 N–H and O–H groups in total. The van der Waals surface area contributed by atoms with Gasteiger partial charge in [0.25, 0.3) is 11.5 Å². The van der Waals surface area contributed by atoms with Crippen LogP contribution in [0.25, 0.3) is 11.0 Å². The average Bonchev–Trinajstić information content (AvgIpc) is 3.35. The second-order valence-corrected chi connectivity index (χ2v) is 8.67. The maximum absolute atomic E-state index is 13.2. The van der Waals surface area contributed by atoms with E-state index >= 15 is 0 Å². The molecule has 7 nitrogen and oxygen atoms in total. The smallest absolute Gasteiger partial charge is 0.306 e. The van der Waals surface area contributed by atoms with Crippen molar-refractivity contribution in [3.05, 3.63) is 75.2 Å². The van der Waals surface area contributed by atoms with Crippen LogP contribution in [0.4, 0.5) is 0 Å². The number of nitrogens with zero attached hydrogens (tertiary/aromatic N) is 3. The molecule has 8 heteroatoms. The van der Waals surface area contributed by atoms with E-state index in [2.05, 4.69) is 4.98 Å². The Labute approximate surface area is 196 Å². The number of carbonyl (C=O) groups is 2. The van der Waals surface area contributed by atoms with Gasteiger partial charge in [-0.1, -0.05) is 41.9 Å². The minimum atomic E-state index is -0.839. The number of carbonyl (C=O) groups excluding carboxylic acids is 2. The van der Waals surface area contributed by atoms with Gasteiger partial charge in [0.15, 0.2) is 6.10 Å². The predicted octanol–water partition coefficient (Wildman–Crippen LogP) is 3.58.